The number of aromatic nitrogens is 1. The van der Waals surface area contributed by atoms with Gasteiger partial charge in [-0.15, -0.1) is 0 Å². The first-order valence-electron chi connectivity index (χ1n) is 9.45. The molecule has 0 atom stereocenters. The normalized spacial score (nSPS) is 18.2. The summed E-state index contributed by atoms with van der Waals surface area (Å²) in [5.41, 5.74) is 4.71. The predicted molar refractivity (Wildman–Crippen MR) is 119 cm³/mol. The summed E-state index contributed by atoms with van der Waals surface area (Å²) in [4.78, 5) is 44.6. The molecule has 9 heteroatoms. The second-order valence-corrected chi connectivity index (χ2v) is 8.36. The molecule has 3 amide bonds. The maximum absolute atomic E-state index is 13.2. The van der Waals surface area contributed by atoms with E-state index < -0.39 is 11.8 Å². The van der Waals surface area contributed by atoms with Gasteiger partial charge in [-0.3, -0.25) is 24.8 Å². The van der Waals surface area contributed by atoms with Crippen molar-refractivity contribution in [3.05, 3.63) is 64.8 Å². The summed E-state index contributed by atoms with van der Waals surface area (Å²) >= 11 is 6.34. The zero-order valence-corrected chi connectivity index (χ0v) is 17.8. The highest BCUT2D eigenvalue weighted by Crippen LogP contribution is 2.44. The largest absolute Gasteiger partial charge is 0.308 e. The van der Waals surface area contributed by atoms with Crippen LogP contribution >= 0.6 is 24.0 Å². The average molecular weight is 439 g/mol. The Hall–Kier alpha value is -3.04. The second-order valence-electron chi connectivity index (χ2n) is 6.72. The van der Waals surface area contributed by atoms with Crippen molar-refractivity contribution >= 4 is 57.3 Å². The Labute approximate surface area is 183 Å². The molecule has 1 fully saturated rings. The molecule has 0 aliphatic carbocycles. The monoisotopic (exact) mass is 438 g/mol. The van der Waals surface area contributed by atoms with E-state index in [1.807, 2.05) is 24.3 Å². The number of hydrogen-bond acceptors (Lipinski definition) is 6. The summed E-state index contributed by atoms with van der Waals surface area (Å²) in [6, 6.07) is 10.5. The van der Waals surface area contributed by atoms with Crippen molar-refractivity contribution in [2.75, 3.05) is 11.4 Å². The molecule has 152 valence electrons. The number of thiocarbonyl (C=S) groups is 1. The van der Waals surface area contributed by atoms with Crippen molar-refractivity contribution in [1.29, 1.82) is 0 Å². The number of unbranched alkanes of at least 4 members (excludes halogenated alkanes) is 1. The molecule has 1 aromatic carbocycles. The number of nitrogens with zero attached hydrogens (tertiary/aromatic N) is 3. The Balaban J connectivity index is 1.67. The number of fused-ring (bicyclic) bond motifs is 1. The zero-order valence-electron chi connectivity index (χ0n) is 16.1. The van der Waals surface area contributed by atoms with Gasteiger partial charge in [0.25, 0.3) is 17.7 Å². The lowest BCUT2D eigenvalue weighted by Gasteiger charge is -2.16. The van der Waals surface area contributed by atoms with E-state index in [0.29, 0.717) is 23.2 Å². The number of pyridine rings is 1. The summed E-state index contributed by atoms with van der Waals surface area (Å²) in [7, 11) is 0. The number of thioether (sulfide) groups is 1. The Morgan fingerprint density at radius 3 is 2.60 bits per heavy atom. The van der Waals surface area contributed by atoms with Crippen LogP contribution < -0.4 is 10.3 Å². The van der Waals surface area contributed by atoms with Gasteiger partial charge in [0.2, 0.25) is 0 Å². The van der Waals surface area contributed by atoms with Gasteiger partial charge in [-0.2, -0.15) is 5.01 Å². The fourth-order valence-corrected chi connectivity index (χ4v) is 4.57. The molecule has 0 spiro atoms. The van der Waals surface area contributed by atoms with Crippen molar-refractivity contribution in [2.24, 2.45) is 0 Å². The second kappa shape index (κ2) is 8.37. The van der Waals surface area contributed by atoms with E-state index in [2.05, 4.69) is 17.3 Å². The minimum atomic E-state index is -0.511. The number of carbonyl (C=O) groups excluding carboxylic acids is 3. The smallest absolute Gasteiger partial charge is 0.286 e. The van der Waals surface area contributed by atoms with Crippen LogP contribution in [0.1, 0.15) is 35.7 Å². The number of para-hydroxylation sites is 1. The first kappa shape index (κ1) is 20.2. The first-order valence-corrected chi connectivity index (χ1v) is 10.7. The van der Waals surface area contributed by atoms with Crippen LogP contribution in [0.5, 0.6) is 0 Å². The van der Waals surface area contributed by atoms with E-state index in [-0.39, 0.29) is 15.1 Å². The molecule has 0 saturated carbocycles. The lowest BCUT2D eigenvalue weighted by atomic mass is 10.1. The minimum Gasteiger partial charge on any atom is -0.308 e. The minimum absolute atomic E-state index is 0.169. The summed E-state index contributed by atoms with van der Waals surface area (Å²) in [5.74, 6) is -1.21. The van der Waals surface area contributed by atoms with Gasteiger partial charge in [0.1, 0.15) is 0 Å². The van der Waals surface area contributed by atoms with E-state index in [4.69, 9.17) is 12.2 Å². The van der Waals surface area contributed by atoms with Crippen molar-refractivity contribution in [3.63, 3.8) is 0 Å². The molecule has 1 N–H and O–H groups in total. The lowest BCUT2D eigenvalue weighted by molar-refractivity contribution is -0.124. The van der Waals surface area contributed by atoms with E-state index in [0.717, 1.165) is 35.3 Å². The first-order chi connectivity index (χ1) is 14.5. The van der Waals surface area contributed by atoms with Crippen LogP contribution in [0.15, 0.2) is 53.7 Å². The summed E-state index contributed by atoms with van der Waals surface area (Å²) in [5, 5.41) is 1.02. The number of amides is 3. The highest BCUT2D eigenvalue weighted by atomic mass is 32.2. The highest BCUT2D eigenvalue weighted by molar-refractivity contribution is 8.26. The summed E-state index contributed by atoms with van der Waals surface area (Å²) in [6.45, 7) is 2.64. The fraction of sp³-hybridized carbons (Fsp3) is 0.190. The molecular formula is C21H18N4O3S2. The van der Waals surface area contributed by atoms with Crippen LogP contribution in [-0.4, -0.2) is 38.6 Å². The molecule has 2 aliphatic heterocycles. The van der Waals surface area contributed by atoms with Crippen LogP contribution in [0.3, 0.4) is 0 Å². The maximum atomic E-state index is 13.2. The van der Waals surface area contributed by atoms with Crippen molar-refractivity contribution in [2.45, 2.75) is 19.8 Å². The zero-order chi connectivity index (χ0) is 21.3. The highest BCUT2D eigenvalue weighted by Gasteiger charge is 2.42. The fourth-order valence-electron chi connectivity index (χ4n) is 3.32. The van der Waals surface area contributed by atoms with Gasteiger partial charge in [-0.1, -0.05) is 43.3 Å². The van der Waals surface area contributed by atoms with Crippen molar-refractivity contribution < 1.29 is 14.4 Å². The Morgan fingerprint density at radius 2 is 1.87 bits per heavy atom. The third-order valence-corrected chi connectivity index (χ3v) is 6.18. The molecule has 2 aromatic rings. The van der Waals surface area contributed by atoms with E-state index in [9.17, 15) is 14.4 Å². The van der Waals surface area contributed by atoms with Gasteiger partial charge < -0.3 is 4.90 Å². The average Bonchev–Trinajstić information content (AvgIpc) is 3.20. The van der Waals surface area contributed by atoms with Crippen molar-refractivity contribution in [3.8, 4) is 0 Å². The molecular weight excluding hydrogens is 420 g/mol. The van der Waals surface area contributed by atoms with Gasteiger partial charge in [0, 0.05) is 30.1 Å². The van der Waals surface area contributed by atoms with E-state index in [1.165, 1.54) is 24.5 Å². The van der Waals surface area contributed by atoms with E-state index >= 15 is 0 Å². The molecule has 30 heavy (non-hydrogen) atoms. The Morgan fingerprint density at radius 1 is 1.13 bits per heavy atom. The summed E-state index contributed by atoms with van der Waals surface area (Å²) < 4.78 is 0.169. The van der Waals surface area contributed by atoms with Crippen LogP contribution in [0, 0.1) is 0 Å². The standard InChI is InChI=1S/C21H18N4O3S2/c1-2-3-12-24-15-7-5-4-6-14(15)16(19(24)27)17-20(28)25(21(29)30-17)23-18(26)13-8-10-22-11-9-13/h4-11H,2-3,12H2,1H3,(H,23,26). The molecule has 0 unspecified atom stereocenters. The van der Waals surface area contributed by atoms with Gasteiger partial charge in [0.05, 0.1) is 16.2 Å². The molecule has 1 aromatic heterocycles. The Bertz CT molecular complexity index is 1080. The quantitative estimate of drug-likeness (QED) is 0.571. The van der Waals surface area contributed by atoms with Crippen LogP contribution in [0.25, 0.3) is 5.57 Å². The lowest BCUT2D eigenvalue weighted by Crippen LogP contribution is -2.45. The van der Waals surface area contributed by atoms with Crippen LogP contribution in [0.2, 0.25) is 0 Å². The number of rotatable bonds is 5. The third-order valence-electron chi connectivity index (χ3n) is 4.81. The SMILES string of the molecule is CCCCN1C(=O)C(=C2SC(=S)N(NC(=O)c3ccncc3)C2=O)c2ccccc21. The van der Waals surface area contributed by atoms with Gasteiger partial charge >= 0.3 is 0 Å². The molecule has 2 aliphatic rings. The maximum Gasteiger partial charge on any atom is 0.286 e. The number of benzene rings is 1. The predicted octanol–water partition coefficient (Wildman–Crippen LogP) is 3.14. The van der Waals surface area contributed by atoms with Gasteiger partial charge in [-0.25, -0.2) is 0 Å². The molecule has 7 nitrogen and oxygen atoms in total. The van der Waals surface area contributed by atoms with Gasteiger partial charge in [-0.05, 0) is 36.8 Å². The molecule has 1 saturated heterocycles. The van der Waals surface area contributed by atoms with E-state index in [1.54, 1.807) is 4.90 Å². The number of carbonyl (C=O) groups is 3. The van der Waals surface area contributed by atoms with Gasteiger partial charge in [0.15, 0.2) is 4.32 Å². The number of anilines is 1. The molecule has 0 bridgehead atoms. The topological polar surface area (TPSA) is 82.6 Å². The van der Waals surface area contributed by atoms with Crippen LogP contribution in [0.4, 0.5) is 5.69 Å². The van der Waals surface area contributed by atoms with Crippen LogP contribution in [-0.2, 0) is 9.59 Å². The number of nitrogens with one attached hydrogen (secondary N) is 1. The van der Waals surface area contributed by atoms with Crippen molar-refractivity contribution in [1.82, 2.24) is 15.4 Å². The third kappa shape index (κ3) is 3.50. The number of hydrazine groups is 1. The Kier molecular flexibility index (Phi) is 5.65. The summed E-state index contributed by atoms with van der Waals surface area (Å²) in [6.07, 6.45) is 4.78. The molecule has 0 radical (unpaired) electrons. The molecule has 4 rings (SSSR count). The molecule has 3 heterocycles. The number of hydrogen-bond donors (Lipinski definition) is 1.